The van der Waals surface area contributed by atoms with Crippen LogP contribution in [-0.2, 0) is 19.0 Å². The van der Waals surface area contributed by atoms with Gasteiger partial charge in [-0.3, -0.25) is 4.79 Å². The molecule has 162 valence electrons. The van der Waals surface area contributed by atoms with Gasteiger partial charge in [0, 0.05) is 12.3 Å². The van der Waals surface area contributed by atoms with Crippen LogP contribution in [0.25, 0.3) is 0 Å². The van der Waals surface area contributed by atoms with Crippen molar-refractivity contribution in [3.8, 4) is 0 Å². The van der Waals surface area contributed by atoms with Gasteiger partial charge in [-0.2, -0.15) is 0 Å². The SMILES string of the molecule is O=C(OCC1CCOC(C2CC3CCCC(C3)C2)O1)C12CC3CC(CC(C3)C1)C2. The summed E-state index contributed by atoms with van der Waals surface area (Å²) in [6.45, 7) is 1.18. The third-order valence-electron chi connectivity index (χ3n) is 9.47. The van der Waals surface area contributed by atoms with Crippen molar-refractivity contribution in [2.24, 2.45) is 40.9 Å². The van der Waals surface area contributed by atoms with Crippen LogP contribution in [-0.4, -0.2) is 31.6 Å². The third kappa shape index (κ3) is 3.67. The summed E-state index contributed by atoms with van der Waals surface area (Å²) < 4.78 is 18.4. The Bertz CT molecular complexity index is 583. The molecule has 4 unspecified atom stereocenters. The highest BCUT2D eigenvalue weighted by Gasteiger charge is 2.55. The first kappa shape index (κ1) is 19.1. The van der Waals surface area contributed by atoms with E-state index in [-0.39, 0.29) is 23.8 Å². The van der Waals surface area contributed by atoms with Crippen LogP contribution in [0.2, 0.25) is 0 Å². The number of hydrogen-bond acceptors (Lipinski definition) is 4. The van der Waals surface area contributed by atoms with Gasteiger partial charge in [0.25, 0.3) is 0 Å². The van der Waals surface area contributed by atoms with Gasteiger partial charge in [0.05, 0.1) is 18.1 Å². The molecule has 0 radical (unpaired) electrons. The van der Waals surface area contributed by atoms with Crippen molar-refractivity contribution in [3.63, 3.8) is 0 Å². The first-order valence-corrected chi connectivity index (χ1v) is 12.6. The summed E-state index contributed by atoms with van der Waals surface area (Å²) in [7, 11) is 0. The molecule has 0 N–H and O–H groups in total. The second-order valence-electron chi connectivity index (χ2n) is 11.7. The van der Waals surface area contributed by atoms with Gasteiger partial charge in [0.1, 0.15) is 6.61 Å². The molecular formula is C25H38O4. The molecule has 7 rings (SSSR count). The lowest BCUT2D eigenvalue weighted by molar-refractivity contribution is -0.253. The van der Waals surface area contributed by atoms with E-state index in [1.165, 1.54) is 57.8 Å². The number of esters is 1. The Balaban J connectivity index is 1.04. The molecule has 7 fully saturated rings. The van der Waals surface area contributed by atoms with E-state index < -0.39 is 0 Å². The highest BCUT2D eigenvalue weighted by atomic mass is 16.7. The van der Waals surface area contributed by atoms with Crippen LogP contribution in [0, 0.1) is 40.9 Å². The number of ether oxygens (including phenoxy) is 3. The van der Waals surface area contributed by atoms with Crippen molar-refractivity contribution in [1.82, 2.24) is 0 Å². The summed E-state index contributed by atoms with van der Waals surface area (Å²) >= 11 is 0. The lowest BCUT2D eigenvalue weighted by Gasteiger charge is -2.55. The minimum Gasteiger partial charge on any atom is -0.462 e. The van der Waals surface area contributed by atoms with Crippen molar-refractivity contribution >= 4 is 5.97 Å². The zero-order valence-electron chi connectivity index (χ0n) is 17.9. The molecular weight excluding hydrogens is 364 g/mol. The van der Waals surface area contributed by atoms with Crippen molar-refractivity contribution in [2.45, 2.75) is 95.9 Å². The summed E-state index contributed by atoms with van der Waals surface area (Å²) in [5.41, 5.74) is -0.153. The monoisotopic (exact) mass is 402 g/mol. The molecule has 1 aliphatic heterocycles. The van der Waals surface area contributed by atoms with Gasteiger partial charge in [-0.15, -0.1) is 0 Å². The predicted molar refractivity (Wildman–Crippen MR) is 109 cm³/mol. The van der Waals surface area contributed by atoms with E-state index in [0.29, 0.717) is 12.5 Å². The molecule has 4 nitrogen and oxygen atoms in total. The van der Waals surface area contributed by atoms with E-state index in [2.05, 4.69) is 0 Å². The Morgan fingerprint density at radius 1 is 0.828 bits per heavy atom. The highest BCUT2D eigenvalue weighted by molar-refractivity contribution is 5.77. The van der Waals surface area contributed by atoms with Crippen molar-refractivity contribution in [1.29, 1.82) is 0 Å². The zero-order valence-corrected chi connectivity index (χ0v) is 17.9. The Kier molecular flexibility index (Phi) is 4.95. The quantitative estimate of drug-likeness (QED) is 0.614. The number of rotatable bonds is 4. The van der Waals surface area contributed by atoms with Crippen LogP contribution in [0.1, 0.15) is 83.5 Å². The fourth-order valence-electron chi connectivity index (χ4n) is 8.67. The number of hydrogen-bond donors (Lipinski definition) is 0. The molecule has 0 aromatic carbocycles. The Morgan fingerprint density at radius 3 is 2.10 bits per heavy atom. The fraction of sp³-hybridized carbons (Fsp3) is 0.960. The lowest BCUT2D eigenvalue weighted by atomic mass is 9.49. The molecule has 0 aromatic rings. The molecule has 0 spiro atoms. The molecule has 7 aliphatic rings. The topological polar surface area (TPSA) is 44.8 Å². The van der Waals surface area contributed by atoms with E-state index in [1.54, 1.807) is 0 Å². The maximum absolute atomic E-state index is 13.1. The maximum atomic E-state index is 13.1. The van der Waals surface area contributed by atoms with Gasteiger partial charge in [0.15, 0.2) is 6.29 Å². The van der Waals surface area contributed by atoms with Crippen LogP contribution in [0.5, 0.6) is 0 Å². The van der Waals surface area contributed by atoms with Gasteiger partial charge >= 0.3 is 5.97 Å². The first-order valence-electron chi connectivity index (χ1n) is 12.6. The largest absolute Gasteiger partial charge is 0.462 e. The van der Waals surface area contributed by atoms with Crippen LogP contribution in [0.15, 0.2) is 0 Å². The molecule has 4 heteroatoms. The second-order valence-corrected chi connectivity index (χ2v) is 11.7. The summed E-state index contributed by atoms with van der Waals surface area (Å²) in [4.78, 5) is 13.1. The molecule has 6 bridgehead atoms. The van der Waals surface area contributed by atoms with Gasteiger partial charge in [-0.05, 0) is 87.4 Å². The average Bonchev–Trinajstić information content (AvgIpc) is 2.71. The van der Waals surface area contributed by atoms with E-state index in [0.717, 1.165) is 61.9 Å². The second kappa shape index (κ2) is 7.51. The molecule has 6 aliphatic carbocycles. The van der Waals surface area contributed by atoms with Gasteiger partial charge < -0.3 is 14.2 Å². The summed E-state index contributed by atoms with van der Waals surface area (Å²) in [5.74, 6) is 4.74. The van der Waals surface area contributed by atoms with Crippen LogP contribution < -0.4 is 0 Å². The van der Waals surface area contributed by atoms with E-state index in [1.807, 2.05) is 0 Å². The molecule has 1 heterocycles. The molecule has 1 saturated heterocycles. The normalized spacial score (nSPS) is 51.0. The highest BCUT2D eigenvalue weighted by Crippen LogP contribution is 2.60. The Morgan fingerprint density at radius 2 is 1.45 bits per heavy atom. The van der Waals surface area contributed by atoms with E-state index in [4.69, 9.17) is 14.2 Å². The van der Waals surface area contributed by atoms with Crippen molar-refractivity contribution < 1.29 is 19.0 Å². The van der Waals surface area contributed by atoms with Gasteiger partial charge in [-0.1, -0.05) is 19.3 Å². The molecule has 4 atom stereocenters. The van der Waals surface area contributed by atoms with Crippen molar-refractivity contribution in [2.75, 3.05) is 13.2 Å². The molecule has 0 aromatic heterocycles. The van der Waals surface area contributed by atoms with Gasteiger partial charge in [-0.25, -0.2) is 0 Å². The van der Waals surface area contributed by atoms with Crippen LogP contribution >= 0.6 is 0 Å². The summed E-state index contributed by atoms with van der Waals surface area (Å²) in [6.07, 6.45) is 16.3. The minimum absolute atomic E-state index is 0.0216. The summed E-state index contributed by atoms with van der Waals surface area (Å²) in [6, 6.07) is 0. The number of carbonyl (C=O) groups excluding carboxylic acids is 1. The minimum atomic E-state index is -0.153. The Labute approximate surface area is 175 Å². The lowest BCUT2D eigenvalue weighted by Crippen LogP contribution is -2.51. The van der Waals surface area contributed by atoms with Crippen molar-refractivity contribution in [3.05, 3.63) is 0 Å². The molecule has 29 heavy (non-hydrogen) atoms. The van der Waals surface area contributed by atoms with E-state index >= 15 is 0 Å². The van der Waals surface area contributed by atoms with Crippen LogP contribution in [0.3, 0.4) is 0 Å². The zero-order chi connectivity index (χ0) is 19.4. The third-order valence-corrected chi connectivity index (χ3v) is 9.47. The number of fused-ring (bicyclic) bond motifs is 2. The fourth-order valence-corrected chi connectivity index (χ4v) is 8.67. The standard InChI is InChI=1S/C25H38O4/c26-24(25-12-18-7-19(13-25)9-20(8-18)14-25)28-15-22-4-5-27-23(29-22)21-10-16-2-1-3-17(6-16)11-21/h16-23H,1-15H2. The molecule has 6 saturated carbocycles. The number of carbonyl (C=O) groups is 1. The summed E-state index contributed by atoms with van der Waals surface area (Å²) in [5, 5.41) is 0. The molecule has 0 amide bonds. The van der Waals surface area contributed by atoms with Crippen LogP contribution in [0.4, 0.5) is 0 Å². The average molecular weight is 403 g/mol. The Hall–Kier alpha value is -0.610. The maximum Gasteiger partial charge on any atom is 0.312 e. The first-order chi connectivity index (χ1) is 14.1. The van der Waals surface area contributed by atoms with Gasteiger partial charge in [0.2, 0.25) is 0 Å². The van der Waals surface area contributed by atoms with E-state index in [9.17, 15) is 4.79 Å². The predicted octanol–water partition coefficient (Wildman–Crippen LogP) is 5.09. The smallest absolute Gasteiger partial charge is 0.312 e.